The number of hydrogen-bond acceptors (Lipinski definition) is 3. The molecule has 0 radical (unpaired) electrons. The molecule has 2 rings (SSSR count). The minimum Gasteiger partial charge on any atom is -0.296 e. The van der Waals surface area contributed by atoms with Gasteiger partial charge in [-0.25, -0.2) is 0 Å². The van der Waals surface area contributed by atoms with Crippen LogP contribution in [-0.2, 0) is 6.42 Å². The lowest BCUT2D eigenvalue weighted by molar-refractivity contribution is 0.167. The molecule has 1 atom stereocenters. The zero-order valence-corrected chi connectivity index (χ0v) is 10.8. The van der Waals surface area contributed by atoms with Crippen LogP contribution < -0.4 is 0 Å². The lowest BCUT2D eigenvalue weighted by Crippen LogP contribution is -2.39. The molecular formula is C13H20N4. The molecule has 0 N–H and O–H groups in total. The Morgan fingerprint density at radius 1 is 1.53 bits per heavy atom. The number of rotatable bonds is 2. The Kier molecular flexibility index (Phi) is 3.21. The molecular weight excluding hydrogens is 212 g/mol. The van der Waals surface area contributed by atoms with Crippen molar-refractivity contribution < 1.29 is 0 Å². The number of aromatic nitrogens is 2. The van der Waals surface area contributed by atoms with Gasteiger partial charge < -0.3 is 0 Å². The van der Waals surface area contributed by atoms with Crippen LogP contribution in [0.3, 0.4) is 0 Å². The van der Waals surface area contributed by atoms with Crippen LogP contribution in [0.1, 0.15) is 38.8 Å². The quantitative estimate of drug-likeness (QED) is 0.783. The summed E-state index contributed by atoms with van der Waals surface area (Å²) in [5.74, 6) is 0. The highest BCUT2D eigenvalue weighted by Gasteiger charge is 2.31. The molecule has 4 nitrogen and oxygen atoms in total. The summed E-state index contributed by atoms with van der Waals surface area (Å²) < 4.78 is 2.03. The average Bonchev–Trinajstić information content (AvgIpc) is 2.82. The molecule has 1 aromatic rings. The van der Waals surface area contributed by atoms with Crippen LogP contribution in [0.5, 0.6) is 0 Å². The van der Waals surface area contributed by atoms with Gasteiger partial charge in [-0.3, -0.25) is 9.58 Å². The van der Waals surface area contributed by atoms with E-state index in [-0.39, 0.29) is 5.54 Å². The summed E-state index contributed by atoms with van der Waals surface area (Å²) in [6.07, 6.45) is 5.42. The van der Waals surface area contributed by atoms with Crippen molar-refractivity contribution in [1.29, 1.82) is 5.26 Å². The van der Waals surface area contributed by atoms with Gasteiger partial charge in [0, 0.05) is 30.4 Å². The van der Waals surface area contributed by atoms with Gasteiger partial charge in [0.25, 0.3) is 0 Å². The van der Waals surface area contributed by atoms with Crippen molar-refractivity contribution in [1.82, 2.24) is 14.7 Å². The van der Waals surface area contributed by atoms with Crippen LogP contribution in [-0.4, -0.2) is 33.3 Å². The van der Waals surface area contributed by atoms with E-state index in [0.717, 1.165) is 25.1 Å². The fourth-order valence-corrected chi connectivity index (χ4v) is 2.33. The van der Waals surface area contributed by atoms with Gasteiger partial charge in [0.15, 0.2) is 0 Å². The average molecular weight is 232 g/mol. The third kappa shape index (κ3) is 2.67. The molecule has 0 saturated carbocycles. The molecule has 1 aliphatic rings. The third-order valence-electron chi connectivity index (χ3n) is 3.42. The maximum absolute atomic E-state index is 8.65. The Morgan fingerprint density at radius 3 is 2.88 bits per heavy atom. The largest absolute Gasteiger partial charge is 0.296 e. The van der Waals surface area contributed by atoms with E-state index in [1.807, 2.05) is 17.1 Å². The highest BCUT2D eigenvalue weighted by atomic mass is 15.3. The molecule has 0 aromatic carbocycles. The highest BCUT2D eigenvalue weighted by Crippen LogP contribution is 2.27. The number of nitriles is 1. The summed E-state index contributed by atoms with van der Waals surface area (Å²) in [5, 5.41) is 13.0. The van der Waals surface area contributed by atoms with Gasteiger partial charge in [-0.2, -0.15) is 10.4 Å². The monoisotopic (exact) mass is 232 g/mol. The Labute approximate surface area is 103 Å². The summed E-state index contributed by atoms with van der Waals surface area (Å²) >= 11 is 0. The standard InChI is InChI=1S/C13H20N4/c1-13(2,3)16-7-5-12(10-16)17-9-11(4-6-14)8-15-17/h8-9,12H,4-5,7,10H2,1-3H3. The van der Waals surface area contributed by atoms with Gasteiger partial charge in [0.2, 0.25) is 0 Å². The fourth-order valence-electron chi connectivity index (χ4n) is 2.33. The molecule has 92 valence electrons. The van der Waals surface area contributed by atoms with Crippen molar-refractivity contribution in [3.63, 3.8) is 0 Å². The van der Waals surface area contributed by atoms with Gasteiger partial charge in [-0.1, -0.05) is 0 Å². The zero-order chi connectivity index (χ0) is 12.5. The third-order valence-corrected chi connectivity index (χ3v) is 3.42. The van der Waals surface area contributed by atoms with Crippen LogP contribution in [0, 0.1) is 11.3 Å². The minimum absolute atomic E-state index is 0.234. The Hall–Kier alpha value is -1.34. The molecule has 0 amide bonds. The van der Waals surface area contributed by atoms with E-state index in [9.17, 15) is 0 Å². The fraction of sp³-hybridized carbons (Fsp3) is 0.692. The smallest absolute Gasteiger partial charge is 0.0670 e. The van der Waals surface area contributed by atoms with E-state index in [1.54, 1.807) is 0 Å². The van der Waals surface area contributed by atoms with Crippen LogP contribution in [0.2, 0.25) is 0 Å². The first-order chi connectivity index (χ1) is 8.00. The van der Waals surface area contributed by atoms with Crippen LogP contribution >= 0.6 is 0 Å². The Balaban J connectivity index is 2.03. The van der Waals surface area contributed by atoms with Crippen molar-refractivity contribution in [2.75, 3.05) is 13.1 Å². The van der Waals surface area contributed by atoms with E-state index in [1.165, 1.54) is 0 Å². The molecule has 1 unspecified atom stereocenters. The first kappa shape index (κ1) is 12.1. The second-order valence-corrected chi connectivity index (χ2v) is 5.72. The van der Waals surface area contributed by atoms with Crippen LogP contribution in [0.15, 0.2) is 12.4 Å². The second-order valence-electron chi connectivity index (χ2n) is 5.72. The molecule has 1 aromatic heterocycles. The van der Waals surface area contributed by atoms with Gasteiger partial charge in [0.05, 0.1) is 24.7 Å². The van der Waals surface area contributed by atoms with Crippen molar-refractivity contribution in [2.24, 2.45) is 0 Å². The SMILES string of the molecule is CC(C)(C)N1CCC(n2cc(CC#N)cn2)C1. The van der Waals surface area contributed by atoms with Gasteiger partial charge >= 0.3 is 0 Å². The van der Waals surface area contributed by atoms with E-state index in [0.29, 0.717) is 12.5 Å². The van der Waals surface area contributed by atoms with E-state index in [2.05, 4.69) is 36.8 Å². The predicted octanol–water partition coefficient (Wildman–Crippen LogP) is 1.99. The summed E-state index contributed by atoms with van der Waals surface area (Å²) in [6.45, 7) is 8.93. The molecule has 0 aliphatic carbocycles. The number of likely N-dealkylation sites (tertiary alicyclic amines) is 1. The Bertz CT molecular complexity index is 421. The minimum atomic E-state index is 0.234. The van der Waals surface area contributed by atoms with E-state index >= 15 is 0 Å². The lowest BCUT2D eigenvalue weighted by Gasteiger charge is -2.31. The first-order valence-electron chi connectivity index (χ1n) is 6.16. The van der Waals surface area contributed by atoms with E-state index in [4.69, 9.17) is 5.26 Å². The molecule has 1 fully saturated rings. The molecule has 0 spiro atoms. The number of nitrogens with zero attached hydrogens (tertiary/aromatic N) is 4. The van der Waals surface area contributed by atoms with Gasteiger partial charge in [0.1, 0.15) is 0 Å². The van der Waals surface area contributed by atoms with Crippen LogP contribution in [0.25, 0.3) is 0 Å². The first-order valence-corrected chi connectivity index (χ1v) is 6.16. The maximum Gasteiger partial charge on any atom is 0.0670 e. The van der Waals surface area contributed by atoms with Crippen molar-refractivity contribution in [3.8, 4) is 6.07 Å². The molecule has 0 bridgehead atoms. The second kappa shape index (κ2) is 4.50. The van der Waals surface area contributed by atoms with Crippen LogP contribution in [0.4, 0.5) is 0 Å². The lowest BCUT2D eigenvalue weighted by atomic mass is 10.1. The Morgan fingerprint density at radius 2 is 2.29 bits per heavy atom. The van der Waals surface area contributed by atoms with Crippen molar-refractivity contribution >= 4 is 0 Å². The maximum atomic E-state index is 8.65. The zero-order valence-electron chi connectivity index (χ0n) is 10.8. The predicted molar refractivity (Wildman–Crippen MR) is 66.5 cm³/mol. The normalized spacial score (nSPS) is 21.6. The molecule has 2 heterocycles. The summed E-state index contributed by atoms with van der Waals surface area (Å²) in [6, 6.07) is 2.62. The molecule has 1 saturated heterocycles. The molecule has 1 aliphatic heterocycles. The van der Waals surface area contributed by atoms with Crippen molar-refractivity contribution in [2.45, 2.75) is 45.2 Å². The topological polar surface area (TPSA) is 44.9 Å². The van der Waals surface area contributed by atoms with Gasteiger partial charge in [-0.05, 0) is 27.2 Å². The van der Waals surface area contributed by atoms with Crippen molar-refractivity contribution in [3.05, 3.63) is 18.0 Å². The molecule has 4 heteroatoms. The van der Waals surface area contributed by atoms with E-state index < -0.39 is 0 Å². The summed E-state index contributed by atoms with van der Waals surface area (Å²) in [5.41, 5.74) is 1.25. The highest BCUT2D eigenvalue weighted by molar-refractivity contribution is 5.10. The molecule has 17 heavy (non-hydrogen) atoms. The van der Waals surface area contributed by atoms with Gasteiger partial charge in [-0.15, -0.1) is 0 Å². The summed E-state index contributed by atoms with van der Waals surface area (Å²) in [7, 11) is 0. The number of hydrogen-bond donors (Lipinski definition) is 0. The summed E-state index contributed by atoms with van der Waals surface area (Å²) in [4.78, 5) is 2.49.